The van der Waals surface area contributed by atoms with Crippen LogP contribution in [0.15, 0.2) is 11.8 Å². The Labute approximate surface area is 116 Å². The zero-order chi connectivity index (χ0) is 14.5. The summed E-state index contributed by atoms with van der Waals surface area (Å²) in [6.07, 6.45) is 7.34. The van der Waals surface area contributed by atoms with Crippen molar-refractivity contribution in [2.45, 2.75) is 65.7 Å². The van der Waals surface area contributed by atoms with Crippen molar-refractivity contribution in [3.05, 3.63) is 11.8 Å². The number of ether oxygens (including phenoxy) is 2. The van der Waals surface area contributed by atoms with Gasteiger partial charge in [-0.05, 0) is 31.8 Å². The summed E-state index contributed by atoms with van der Waals surface area (Å²) >= 11 is 0. The van der Waals surface area contributed by atoms with Crippen molar-refractivity contribution >= 4 is 11.9 Å². The highest BCUT2D eigenvalue weighted by Crippen LogP contribution is 2.09. The number of unbranched alkanes of at least 4 members (excludes halogenated alkanes) is 3. The molecule has 0 bridgehead atoms. The molecule has 0 saturated carbocycles. The van der Waals surface area contributed by atoms with E-state index < -0.39 is 5.97 Å². The third-order valence-electron chi connectivity index (χ3n) is 2.45. The molecule has 0 atom stereocenters. The summed E-state index contributed by atoms with van der Waals surface area (Å²) in [5, 5.41) is 0. The first-order valence-corrected chi connectivity index (χ1v) is 7.23. The van der Waals surface area contributed by atoms with E-state index in [4.69, 9.17) is 9.47 Å². The predicted octanol–water partition coefficient (Wildman–Crippen LogP) is 3.75. The van der Waals surface area contributed by atoms with Gasteiger partial charge in [-0.2, -0.15) is 0 Å². The summed E-state index contributed by atoms with van der Waals surface area (Å²) in [4.78, 5) is 23.2. The molecule has 0 aliphatic heterocycles. The second-order valence-corrected chi connectivity index (χ2v) is 4.42. The third-order valence-corrected chi connectivity index (χ3v) is 2.45. The molecule has 0 fully saturated rings. The van der Waals surface area contributed by atoms with Gasteiger partial charge in [0.2, 0.25) is 5.76 Å². The van der Waals surface area contributed by atoms with Gasteiger partial charge in [0.15, 0.2) is 0 Å². The fraction of sp³-hybridized carbons (Fsp3) is 0.733. The molecule has 4 heteroatoms. The molecule has 0 saturated heterocycles. The average Bonchev–Trinajstić information content (AvgIpc) is 2.39. The third kappa shape index (κ3) is 9.28. The summed E-state index contributed by atoms with van der Waals surface area (Å²) in [5.74, 6) is -0.872. The first-order valence-electron chi connectivity index (χ1n) is 7.23. The minimum Gasteiger partial charge on any atom is -0.460 e. The van der Waals surface area contributed by atoms with Crippen LogP contribution in [0.25, 0.3) is 0 Å². The van der Waals surface area contributed by atoms with E-state index >= 15 is 0 Å². The Morgan fingerprint density at radius 1 is 1.00 bits per heavy atom. The van der Waals surface area contributed by atoms with Gasteiger partial charge in [0.25, 0.3) is 0 Å². The van der Waals surface area contributed by atoms with Crippen LogP contribution in [0.4, 0.5) is 0 Å². The highest BCUT2D eigenvalue weighted by atomic mass is 16.6. The zero-order valence-electron chi connectivity index (χ0n) is 12.4. The highest BCUT2D eigenvalue weighted by Gasteiger charge is 2.16. The van der Waals surface area contributed by atoms with Crippen LogP contribution < -0.4 is 0 Å². The second-order valence-electron chi connectivity index (χ2n) is 4.42. The average molecular weight is 270 g/mol. The number of hydrogen-bond donors (Lipinski definition) is 0. The fourth-order valence-corrected chi connectivity index (χ4v) is 1.44. The maximum Gasteiger partial charge on any atom is 0.374 e. The number of carbonyl (C=O) groups excluding carboxylic acids is 2. The first kappa shape index (κ1) is 17.7. The molecule has 0 aromatic carbocycles. The van der Waals surface area contributed by atoms with E-state index in [2.05, 4.69) is 6.92 Å². The fourth-order valence-electron chi connectivity index (χ4n) is 1.44. The van der Waals surface area contributed by atoms with Gasteiger partial charge in [0, 0.05) is 6.42 Å². The Kier molecular flexibility index (Phi) is 10.9. The quantitative estimate of drug-likeness (QED) is 0.262. The zero-order valence-corrected chi connectivity index (χ0v) is 12.4. The standard InChI is InChI=1S/C15H26O4/c1-4-7-8-9-11-13(15(17)18-12-6-3)19-14(16)10-5-2/h11H,4-10,12H2,1-3H3. The lowest BCUT2D eigenvalue weighted by atomic mass is 10.2. The van der Waals surface area contributed by atoms with Crippen molar-refractivity contribution in [3.63, 3.8) is 0 Å². The molecule has 0 N–H and O–H groups in total. The number of rotatable bonds is 10. The summed E-state index contributed by atoms with van der Waals surface area (Å²) in [5.41, 5.74) is 0. The molecule has 0 aromatic heterocycles. The highest BCUT2D eigenvalue weighted by molar-refractivity contribution is 5.89. The molecular formula is C15H26O4. The van der Waals surface area contributed by atoms with Crippen molar-refractivity contribution in [2.24, 2.45) is 0 Å². The molecule has 0 aliphatic carbocycles. The van der Waals surface area contributed by atoms with Crippen molar-refractivity contribution < 1.29 is 19.1 Å². The summed E-state index contributed by atoms with van der Waals surface area (Å²) in [6, 6.07) is 0. The Morgan fingerprint density at radius 3 is 2.32 bits per heavy atom. The van der Waals surface area contributed by atoms with E-state index in [1.165, 1.54) is 0 Å². The number of esters is 2. The summed E-state index contributed by atoms with van der Waals surface area (Å²) < 4.78 is 10.1. The van der Waals surface area contributed by atoms with Gasteiger partial charge in [-0.1, -0.05) is 33.6 Å². The predicted molar refractivity (Wildman–Crippen MR) is 74.5 cm³/mol. The van der Waals surface area contributed by atoms with Crippen LogP contribution in [0.1, 0.15) is 65.7 Å². The van der Waals surface area contributed by atoms with E-state index in [9.17, 15) is 9.59 Å². The maximum absolute atomic E-state index is 11.7. The summed E-state index contributed by atoms with van der Waals surface area (Å²) in [7, 11) is 0. The lowest BCUT2D eigenvalue weighted by molar-refractivity contribution is -0.151. The van der Waals surface area contributed by atoms with Gasteiger partial charge in [-0.15, -0.1) is 0 Å². The number of carbonyl (C=O) groups is 2. The number of hydrogen-bond acceptors (Lipinski definition) is 4. The molecule has 0 spiro atoms. The molecule has 19 heavy (non-hydrogen) atoms. The normalized spacial score (nSPS) is 11.2. The molecule has 110 valence electrons. The minimum absolute atomic E-state index is 0.0444. The van der Waals surface area contributed by atoms with Gasteiger partial charge in [0.1, 0.15) is 0 Å². The number of allylic oxidation sites excluding steroid dienone is 1. The van der Waals surface area contributed by atoms with Crippen LogP contribution in [-0.2, 0) is 19.1 Å². The second kappa shape index (κ2) is 11.8. The molecule has 0 radical (unpaired) electrons. The maximum atomic E-state index is 11.7. The Balaban J connectivity index is 4.44. The largest absolute Gasteiger partial charge is 0.460 e. The van der Waals surface area contributed by atoms with E-state index in [0.29, 0.717) is 19.4 Å². The van der Waals surface area contributed by atoms with Gasteiger partial charge < -0.3 is 9.47 Å². The lowest BCUT2D eigenvalue weighted by Gasteiger charge is -2.08. The molecule has 0 heterocycles. The van der Waals surface area contributed by atoms with E-state index in [1.807, 2.05) is 13.8 Å². The van der Waals surface area contributed by atoms with Crippen molar-refractivity contribution in [1.29, 1.82) is 0 Å². The van der Waals surface area contributed by atoms with Crippen LogP contribution in [0.3, 0.4) is 0 Å². The molecule has 0 aliphatic rings. The molecule has 0 amide bonds. The van der Waals surface area contributed by atoms with Crippen LogP contribution in [0.5, 0.6) is 0 Å². The molecule has 0 rings (SSSR count). The summed E-state index contributed by atoms with van der Waals surface area (Å²) in [6.45, 7) is 6.26. The van der Waals surface area contributed by atoms with Crippen LogP contribution in [0.2, 0.25) is 0 Å². The van der Waals surface area contributed by atoms with Gasteiger partial charge in [0.05, 0.1) is 6.61 Å². The van der Waals surface area contributed by atoms with E-state index in [-0.39, 0.29) is 11.7 Å². The van der Waals surface area contributed by atoms with E-state index in [0.717, 1.165) is 32.1 Å². The van der Waals surface area contributed by atoms with Gasteiger partial charge in [-0.25, -0.2) is 4.79 Å². The van der Waals surface area contributed by atoms with Gasteiger partial charge in [-0.3, -0.25) is 4.79 Å². The topological polar surface area (TPSA) is 52.6 Å². The molecule has 4 nitrogen and oxygen atoms in total. The van der Waals surface area contributed by atoms with Crippen LogP contribution in [-0.4, -0.2) is 18.5 Å². The first-order chi connectivity index (χ1) is 9.15. The lowest BCUT2D eigenvalue weighted by Crippen LogP contribution is -2.15. The molecule has 0 aromatic rings. The van der Waals surface area contributed by atoms with Gasteiger partial charge >= 0.3 is 11.9 Å². The monoisotopic (exact) mass is 270 g/mol. The Hall–Kier alpha value is -1.32. The SMILES string of the molecule is CCCCCC=C(OC(=O)CCC)C(=O)OCCC. The Bertz CT molecular complexity index is 295. The molecular weight excluding hydrogens is 244 g/mol. The van der Waals surface area contributed by atoms with Crippen molar-refractivity contribution in [1.82, 2.24) is 0 Å². The molecule has 0 unspecified atom stereocenters. The Morgan fingerprint density at radius 2 is 1.74 bits per heavy atom. The van der Waals surface area contributed by atoms with Crippen LogP contribution >= 0.6 is 0 Å². The van der Waals surface area contributed by atoms with E-state index in [1.54, 1.807) is 6.08 Å². The van der Waals surface area contributed by atoms with Crippen molar-refractivity contribution in [2.75, 3.05) is 6.61 Å². The van der Waals surface area contributed by atoms with Crippen LogP contribution in [0, 0.1) is 0 Å². The smallest absolute Gasteiger partial charge is 0.374 e. The van der Waals surface area contributed by atoms with Crippen molar-refractivity contribution in [3.8, 4) is 0 Å². The minimum atomic E-state index is -0.539.